The van der Waals surface area contributed by atoms with Crippen molar-refractivity contribution in [1.29, 1.82) is 0 Å². The Kier molecular flexibility index (Phi) is 8.84. The maximum atomic E-state index is 2.53. The van der Waals surface area contributed by atoms with Crippen LogP contribution in [0.4, 0.5) is 0 Å². The fourth-order valence-electron chi connectivity index (χ4n) is 6.80. The van der Waals surface area contributed by atoms with Gasteiger partial charge in [0.25, 0.3) is 0 Å². The molecule has 4 unspecified atom stereocenters. The van der Waals surface area contributed by atoms with Crippen molar-refractivity contribution in [2.24, 2.45) is 11.8 Å². The average molecular weight is 567 g/mol. The molecule has 0 spiro atoms. The molecule has 0 bridgehead atoms. The summed E-state index contributed by atoms with van der Waals surface area (Å²) in [5.41, 5.74) is 6.64. The van der Waals surface area contributed by atoms with E-state index in [0.29, 0.717) is 0 Å². The summed E-state index contributed by atoms with van der Waals surface area (Å²) in [6, 6.07) is 22.9. The predicted molar refractivity (Wildman–Crippen MR) is 133 cm³/mol. The second-order valence-electron chi connectivity index (χ2n) is 9.88. The van der Waals surface area contributed by atoms with E-state index in [2.05, 4.69) is 97.1 Å². The SMILES string of the molecule is C1=CCC2CC[CH]([Zr+2](=[C](c3ccccc3)c3ccccc3)[CH]3CCC4CC=CC=C43)C2=C1.[Cl-].[Cl-]. The van der Waals surface area contributed by atoms with Gasteiger partial charge < -0.3 is 24.8 Å². The first-order chi connectivity index (χ1) is 15.9. The minimum absolute atomic E-state index is 0. The maximum Gasteiger partial charge on any atom is -1.00 e. The van der Waals surface area contributed by atoms with Gasteiger partial charge in [0.2, 0.25) is 0 Å². The maximum absolute atomic E-state index is 2.53. The molecule has 4 aliphatic carbocycles. The van der Waals surface area contributed by atoms with Crippen molar-refractivity contribution in [3.8, 4) is 0 Å². The second kappa shape index (κ2) is 11.6. The Morgan fingerprint density at radius 2 is 1.03 bits per heavy atom. The Hall–Kier alpha value is -1.27. The van der Waals surface area contributed by atoms with E-state index in [4.69, 9.17) is 0 Å². The fourth-order valence-corrected chi connectivity index (χ4v) is 17.9. The third kappa shape index (κ3) is 4.86. The first-order valence-corrected chi connectivity index (χ1v) is 16.5. The molecule has 0 N–H and O–H groups in total. The first-order valence-electron chi connectivity index (χ1n) is 12.5. The van der Waals surface area contributed by atoms with Crippen LogP contribution in [0.15, 0.2) is 108 Å². The second-order valence-corrected chi connectivity index (χ2v) is 16.8. The standard InChI is InChI=1S/C13H10.2C9H11.2ClH.Zr/c1-3-7-12(8-4-1)11-13-9-5-2-6-10-13;2*1-2-5-9-7-3-6-8(9)4-1;;;/h1-10H;2*1-2,4,6,9H,3,5,7H2;2*1H;/q;;;;;+2/p-2. The normalized spacial score (nSPS) is 26.1. The Labute approximate surface area is 224 Å². The summed E-state index contributed by atoms with van der Waals surface area (Å²) >= 11 is -2.19. The van der Waals surface area contributed by atoms with E-state index >= 15 is 0 Å². The first kappa shape index (κ1) is 25.8. The molecule has 2 aromatic carbocycles. The number of rotatable bonds is 4. The van der Waals surface area contributed by atoms with Crippen molar-refractivity contribution in [2.45, 2.75) is 45.8 Å². The van der Waals surface area contributed by atoms with Crippen LogP contribution in [-0.4, -0.2) is 3.21 Å². The van der Waals surface area contributed by atoms with Crippen molar-refractivity contribution in [3.05, 3.63) is 119 Å². The number of halogens is 2. The summed E-state index contributed by atoms with van der Waals surface area (Å²) in [5.74, 6) is 1.62. The van der Waals surface area contributed by atoms with Gasteiger partial charge in [-0.25, -0.2) is 0 Å². The van der Waals surface area contributed by atoms with E-state index in [1.54, 1.807) is 3.21 Å². The molecule has 0 aliphatic heterocycles. The Balaban J connectivity index is 0.00000137. The van der Waals surface area contributed by atoms with E-state index in [1.165, 1.54) is 49.7 Å². The third-order valence-electron chi connectivity index (χ3n) is 8.21. The van der Waals surface area contributed by atoms with Crippen LogP contribution in [0.1, 0.15) is 49.7 Å². The number of hydrogen-bond acceptors (Lipinski definition) is 0. The smallest absolute Gasteiger partial charge is 1.00 e. The molecule has 0 radical (unpaired) electrons. The number of allylic oxidation sites excluding steroid dienone is 8. The zero-order valence-corrected chi connectivity index (χ0v) is 23.5. The summed E-state index contributed by atoms with van der Waals surface area (Å²) in [5, 5.41) is 0. The number of benzene rings is 2. The molecule has 0 saturated heterocycles. The van der Waals surface area contributed by atoms with Gasteiger partial charge in [-0.15, -0.1) is 0 Å². The van der Waals surface area contributed by atoms with Gasteiger partial charge in [-0.05, 0) is 0 Å². The molecule has 3 heteroatoms. The predicted octanol–water partition coefficient (Wildman–Crippen LogP) is 2.05. The molecule has 4 aliphatic rings. The van der Waals surface area contributed by atoms with Crippen LogP contribution in [-0.2, 0) is 21.3 Å². The van der Waals surface area contributed by atoms with Gasteiger partial charge in [-0.2, -0.15) is 0 Å². The summed E-state index contributed by atoms with van der Waals surface area (Å²) < 4.78 is 3.47. The van der Waals surface area contributed by atoms with E-state index in [9.17, 15) is 0 Å². The number of hydrogen-bond donors (Lipinski definition) is 0. The van der Waals surface area contributed by atoms with Crippen molar-refractivity contribution >= 4 is 3.21 Å². The van der Waals surface area contributed by atoms with Crippen molar-refractivity contribution < 1.29 is 46.1 Å². The molecule has 0 amide bonds. The van der Waals surface area contributed by atoms with Crippen LogP contribution < -0.4 is 24.8 Å². The van der Waals surface area contributed by atoms with Crippen LogP contribution in [0.2, 0.25) is 7.25 Å². The van der Waals surface area contributed by atoms with Gasteiger partial charge in [0.15, 0.2) is 0 Å². The molecule has 0 heterocycles. The molecular weight excluding hydrogens is 534 g/mol. The van der Waals surface area contributed by atoms with E-state index in [-0.39, 0.29) is 24.8 Å². The Bertz CT molecular complexity index is 1050. The molecule has 6 rings (SSSR count). The molecule has 2 aromatic rings. The van der Waals surface area contributed by atoms with Crippen LogP contribution >= 0.6 is 0 Å². The Morgan fingerprint density at radius 1 is 0.588 bits per heavy atom. The Morgan fingerprint density at radius 3 is 1.47 bits per heavy atom. The third-order valence-corrected chi connectivity index (χ3v) is 17.8. The van der Waals surface area contributed by atoms with Gasteiger partial charge in [0.1, 0.15) is 0 Å². The zero-order chi connectivity index (χ0) is 21.3. The molecule has 174 valence electrons. The molecule has 0 nitrogen and oxygen atoms in total. The van der Waals surface area contributed by atoms with E-state index in [0.717, 1.165) is 19.1 Å². The van der Waals surface area contributed by atoms with Crippen molar-refractivity contribution in [1.82, 2.24) is 0 Å². The topological polar surface area (TPSA) is 0 Å². The average Bonchev–Trinajstić information content (AvgIpc) is 3.48. The molecule has 0 aromatic heterocycles. The van der Waals surface area contributed by atoms with Crippen LogP contribution in [0.5, 0.6) is 0 Å². The molecule has 2 saturated carbocycles. The summed E-state index contributed by atoms with van der Waals surface area (Å²) in [6.07, 6.45) is 22.7. The van der Waals surface area contributed by atoms with Gasteiger partial charge in [-0.1, -0.05) is 0 Å². The molecule has 2 fully saturated rings. The van der Waals surface area contributed by atoms with Gasteiger partial charge >= 0.3 is 201 Å². The summed E-state index contributed by atoms with van der Waals surface area (Å²) in [4.78, 5) is 0. The molecular formula is C31H32Cl2Zr. The summed E-state index contributed by atoms with van der Waals surface area (Å²) in [6.45, 7) is 0. The van der Waals surface area contributed by atoms with Gasteiger partial charge in [-0.3, -0.25) is 0 Å². The van der Waals surface area contributed by atoms with Crippen molar-refractivity contribution in [2.75, 3.05) is 0 Å². The summed E-state index contributed by atoms with van der Waals surface area (Å²) in [7, 11) is 0. The van der Waals surface area contributed by atoms with Gasteiger partial charge in [0.05, 0.1) is 0 Å². The van der Waals surface area contributed by atoms with E-state index in [1.807, 2.05) is 11.1 Å². The van der Waals surface area contributed by atoms with Crippen molar-refractivity contribution in [3.63, 3.8) is 0 Å². The molecule has 4 atom stereocenters. The largest absolute Gasteiger partial charge is 1.00 e. The quantitative estimate of drug-likeness (QED) is 0.532. The van der Waals surface area contributed by atoms with Crippen LogP contribution in [0.25, 0.3) is 0 Å². The monoisotopic (exact) mass is 564 g/mol. The minimum Gasteiger partial charge on any atom is -1.00 e. The van der Waals surface area contributed by atoms with Crippen LogP contribution in [0.3, 0.4) is 0 Å². The van der Waals surface area contributed by atoms with Crippen LogP contribution in [0, 0.1) is 11.8 Å². The van der Waals surface area contributed by atoms with E-state index < -0.39 is 21.3 Å². The fraction of sp³-hybridized carbons (Fsp3) is 0.323. The zero-order valence-electron chi connectivity index (χ0n) is 19.5. The van der Waals surface area contributed by atoms with Gasteiger partial charge in [0, 0.05) is 0 Å². The molecule has 34 heavy (non-hydrogen) atoms. The minimum atomic E-state index is -2.19. The number of fused-ring (bicyclic) bond motifs is 2.